The first-order valence-electron chi connectivity index (χ1n) is 16.7. The third kappa shape index (κ3) is 8.77. The molecule has 3 aliphatic heterocycles. The minimum atomic E-state index is -2.16. The summed E-state index contributed by atoms with van der Waals surface area (Å²) in [7, 11) is 0. The molecule has 7 atom stereocenters. The van der Waals surface area contributed by atoms with E-state index in [-0.39, 0.29) is 0 Å². The zero-order valence-corrected chi connectivity index (χ0v) is 32.1. The highest BCUT2D eigenvalue weighted by molar-refractivity contribution is 5.76. The van der Waals surface area contributed by atoms with Crippen LogP contribution in [0.4, 0.5) is 0 Å². The Kier molecular flexibility index (Phi) is 11.6. The molecule has 0 aromatic carbocycles. The maximum absolute atomic E-state index is 13.5. The molecule has 0 spiro atoms. The summed E-state index contributed by atoms with van der Waals surface area (Å²) in [5.74, 6) is -6.33. The first kappa shape index (κ1) is 41.6. The van der Waals surface area contributed by atoms with Gasteiger partial charge in [-0.3, -0.25) is 24.0 Å². The summed E-state index contributed by atoms with van der Waals surface area (Å²) in [6, 6.07) is 0. The molecule has 0 aliphatic carbocycles. The van der Waals surface area contributed by atoms with E-state index in [0.29, 0.717) is 0 Å². The minimum Gasteiger partial charge on any atom is -0.463 e. The first-order chi connectivity index (χ1) is 22.5. The molecule has 3 rings (SSSR count). The fourth-order valence-corrected chi connectivity index (χ4v) is 5.93. The molecule has 3 saturated heterocycles. The van der Waals surface area contributed by atoms with Gasteiger partial charge in [0.05, 0.1) is 16.2 Å². The van der Waals surface area contributed by atoms with Crippen LogP contribution in [0.3, 0.4) is 0 Å². The van der Waals surface area contributed by atoms with Crippen molar-refractivity contribution in [3.63, 3.8) is 0 Å². The molecular formula is C35H56O15. The second kappa shape index (κ2) is 13.9. The van der Waals surface area contributed by atoms with E-state index in [9.17, 15) is 24.0 Å². The predicted octanol–water partition coefficient (Wildman–Crippen LogP) is 3.75. The molecule has 0 N–H and O–H groups in total. The van der Waals surface area contributed by atoms with E-state index < -0.39 is 119 Å². The molecule has 0 aromatic rings. The summed E-state index contributed by atoms with van der Waals surface area (Å²) < 4.78 is 61.8. The van der Waals surface area contributed by atoms with Gasteiger partial charge in [-0.05, 0) is 90.0 Å². The summed E-state index contributed by atoms with van der Waals surface area (Å²) >= 11 is 0. The van der Waals surface area contributed by atoms with Crippen LogP contribution < -0.4 is 0 Å². The van der Waals surface area contributed by atoms with E-state index in [1.165, 1.54) is 6.92 Å². The Labute approximate surface area is 294 Å². The van der Waals surface area contributed by atoms with Crippen molar-refractivity contribution in [2.45, 2.75) is 157 Å². The molecule has 1 unspecified atom stereocenters. The molecule has 0 aromatic heterocycles. The van der Waals surface area contributed by atoms with Crippen LogP contribution in [0.5, 0.6) is 0 Å². The zero-order chi connectivity index (χ0) is 38.5. The van der Waals surface area contributed by atoms with E-state index in [1.807, 2.05) is 0 Å². The van der Waals surface area contributed by atoms with Gasteiger partial charge in [-0.15, -0.1) is 0 Å². The molecule has 3 fully saturated rings. The van der Waals surface area contributed by atoms with Crippen LogP contribution in [-0.2, 0) is 71.3 Å². The Bertz CT molecular complexity index is 1320. The summed E-state index contributed by atoms with van der Waals surface area (Å²) in [6.07, 6.45) is -7.11. The van der Waals surface area contributed by atoms with Gasteiger partial charge in [0.25, 0.3) is 0 Å². The zero-order valence-electron chi connectivity index (χ0n) is 32.1. The van der Waals surface area contributed by atoms with E-state index in [1.54, 1.807) is 90.0 Å². The number of hydrogen-bond donors (Lipinski definition) is 0. The van der Waals surface area contributed by atoms with Crippen molar-refractivity contribution in [3.05, 3.63) is 0 Å². The van der Waals surface area contributed by atoms with Gasteiger partial charge in [0.15, 0.2) is 28.9 Å². The van der Waals surface area contributed by atoms with Gasteiger partial charge in [-0.1, -0.05) is 0 Å². The van der Waals surface area contributed by atoms with E-state index >= 15 is 0 Å². The van der Waals surface area contributed by atoms with Crippen molar-refractivity contribution in [3.8, 4) is 0 Å². The van der Waals surface area contributed by atoms with Crippen LogP contribution in [0.25, 0.3) is 0 Å². The highest BCUT2D eigenvalue weighted by atomic mass is 16.8. The largest absolute Gasteiger partial charge is 0.463 e. The summed E-state index contributed by atoms with van der Waals surface area (Å²) in [5, 5.41) is 0. The van der Waals surface area contributed by atoms with Gasteiger partial charge >= 0.3 is 29.8 Å². The van der Waals surface area contributed by atoms with Gasteiger partial charge in [-0.25, -0.2) is 0 Å². The smallest absolute Gasteiger partial charge is 0.311 e. The lowest BCUT2D eigenvalue weighted by atomic mass is 9.70. The van der Waals surface area contributed by atoms with E-state index in [4.69, 9.17) is 47.4 Å². The summed E-state index contributed by atoms with van der Waals surface area (Å²) in [4.78, 5) is 64.8. The molecule has 3 aliphatic rings. The average Bonchev–Trinajstić information content (AvgIpc) is 3.38. The highest BCUT2D eigenvalue weighted by Crippen LogP contribution is 2.58. The topological polar surface area (TPSA) is 178 Å². The number of esters is 5. The molecule has 15 heteroatoms. The molecule has 0 radical (unpaired) electrons. The van der Waals surface area contributed by atoms with Crippen molar-refractivity contribution < 1.29 is 71.3 Å². The van der Waals surface area contributed by atoms with Crippen LogP contribution in [0.1, 0.15) is 104 Å². The highest BCUT2D eigenvalue weighted by Gasteiger charge is 2.81. The number of carbonyl (C=O) groups excluding carboxylic acids is 5. The van der Waals surface area contributed by atoms with Crippen LogP contribution in [0.2, 0.25) is 0 Å². The second-order valence-electron chi connectivity index (χ2n) is 17.0. The standard InChI is InChI=1S/C35H56O15/c1-19(36)41-16-21-23(46-27(40)31(9,10)11)24-35(50-33(14,15)48-24,28(45-21)44-20(2)37)34(18-43-26(39)30(6,7)8)22(47-32(12,13)49-34)17-42-25(38)29(3,4)5/h21-24,28H,16-18H2,1-15H3/t21-,22-,23+,24+,28?,34+,35+/m1/s1. The molecule has 0 bridgehead atoms. The van der Waals surface area contributed by atoms with E-state index in [0.717, 1.165) is 6.92 Å². The summed E-state index contributed by atoms with van der Waals surface area (Å²) in [6.45, 7) is 22.1. The maximum Gasteiger partial charge on any atom is 0.311 e. The number of carbonyl (C=O) groups is 5. The van der Waals surface area contributed by atoms with Crippen LogP contribution >= 0.6 is 0 Å². The molecule has 50 heavy (non-hydrogen) atoms. The fraction of sp³-hybridized carbons (Fsp3) is 0.857. The van der Waals surface area contributed by atoms with Crippen molar-refractivity contribution in [1.29, 1.82) is 0 Å². The summed E-state index contributed by atoms with van der Waals surface area (Å²) in [5.41, 5.74) is -7.12. The van der Waals surface area contributed by atoms with Gasteiger partial charge in [0.2, 0.25) is 6.29 Å². The quantitative estimate of drug-likeness (QED) is 0.249. The normalized spacial score (nSPS) is 32.0. The van der Waals surface area contributed by atoms with Crippen molar-refractivity contribution >= 4 is 29.8 Å². The predicted molar refractivity (Wildman–Crippen MR) is 173 cm³/mol. The van der Waals surface area contributed by atoms with Crippen molar-refractivity contribution in [1.82, 2.24) is 0 Å². The monoisotopic (exact) mass is 716 g/mol. The first-order valence-corrected chi connectivity index (χ1v) is 16.7. The van der Waals surface area contributed by atoms with Crippen molar-refractivity contribution in [2.75, 3.05) is 19.8 Å². The lowest BCUT2D eigenvalue weighted by molar-refractivity contribution is -0.363. The molecular weight excluding hydrogens is 660 g/mol. The lowest BCUT2D eigenvalue weighted by Crippen LogP contribution is -2.79. The van der Waals surface area contributed by atoms with Crippen molar-refractivity contribution in [2.24, 2.45) is 16.2 Å². The van der Waals surface area contributed by atoms with Gasteiger partial charge in [0, 0.05) is 13.8 Å². The lowest BCUT2D eigenvalue weighted by Gasteiger charge is -2.55. The maximum atomic E-state index is 13.5. The molecule has 0 amide bonds. The Morgan fingerprint density at radius 2 is 1.14 bits per heavy atom. The molecule has 15 nitrogen and oxygen atoms in total. The fourth-order valence-electron chi connectivity index (χ4n) is 5.93. The van der Waals surface area contributed by atoms with Crippen LogP contribution in [0.15, 0.2) is 0 Å². The van der Waals surface area contributed by atoms with E-state index in [2.05, 4.69) is 0 Å². The Hall–Kier alpha value is -2.85. The minimum absolute atomic E-state index is 0.437. The number of ether oxygens (including phenoxy) is 10. The number of fused-ring (bicyclic) bond motifs is 1. The molecule has 3 heterocycles. The average molecular weight is 717 g/mol. The molecule has 286 valence electrons. The van der Waals surface area contributed by atoms with Gasteiger partial charge < -0.3 is 47.4 Å². The Morgan fingerprint density at radius 3 is 1.64 bits per heavy atom. The SMILES string of the molecule is CC(=O)OC[C@H]1OC(OC(C)=O)[C@@]2([C@@]3(COC(=O)C(C)(C)C)OC(C)(C)O[C@@H]3COC(=O)C(C)(C)C)OC(C)(C)O[C@H]2[C@H]1OC(=O)C(C)(C)C. The third-order valence-electron chi connectivity index (χ3n) is 8.18. The molecule has 0 saturated carbocycles. The van der Waals surface area contributed by atoms with Crippen LogP contribution in [-0.4, -0.2) is 103 Å². The van der Waals surface area contributed by atoms with Gasteiger partial charge in [-0.2, -0.15) is 0 Å². The Balaban J connectivity index is 2.39. The number of hydrogen-bond acceptors (Lipinski definition) is 15. The Morgan fingerprint density at radius 1 is 0.620 bits per heavy atom. The third-order valence-corrected chi connectivity index (χ3v) is 8.18. The second-order valence-corrected chi connectivity index (χ2v) is 17.0. The number of rotatable bonds is 9. The van der Waals surface area contributed by atoms with Gasteiger partial charge in [0.1, 0.15) is 38.1 Å². The van der Waals surface area contributed by atoms with Crippen LogP contribution in [0, 0.1) is 16.2 Å².